The van der Waals surface area contributed by atoms with Crippen LogP contribution in [0.15, 0.2) is 41.3 Å². The van der Waals surface area contributed by atoms with Crippen molar-refractivity contribution in [2.24, 2.45) is 0 Å². The van der Waals surface area contributed by atoms with Gasteiger partial charge in [-0.05, 0) is 43.2 Å². The summed E-state index contributed by atoms with van der Waals surface area (Å²) in [4.78, 5) is 31.8. The van der Waals surface area contributed by atoms with Gasteiger partial charge in [-0.3, -0.25) is 13.9 Å². The maximum Gasteiger partial charge on any atom is 0.334 e. The van der Waals surface area contributed by atoms with Gasteiger partial charge < -0.3 is 15.4 Å². The standard InChI is InChI=1S/C22H23N5O3/c1-3-5-19(28)25-13-4-6-16(14-25)26-18-11-12-24-21(23)20(18)27(22(26)29)15-7-9-17(30-2)10-8-15/h1,7-12,16H,4-6,13-14H2,2H3,(H2,23,24)/t16-/m1/s1. The number of piperidine rings is 1. The number of amides is 1. The predicted octanol–water partition coefficient (Wildman–Crippen LogP) is 1.96. The minimum Gasteiger partial charge on any atom is -0.497 e. The van der Waals surface area contributed by atoms with Crippen molar-refractivity contribution >= 4 is 22.8 Å². The topological polar surface area (TPSA) is 95.4 Å². The molecule has 0 spiro atoms. The Bertz CT molecular complexity index is 1190. The van der Waals surface area contributed by atoms with Gasteiger partial charge in [-0.2, -0.15) is 0 Å². The summed E-state index contributed by atoms with van der Waals surface area (Å²) in [6, 6.07) is 8.81. The van der Waals surface area contributed by atoms with E-state index in [0.717, 1.165) is 12.8 Å². The van der Waals surface area contributed by atoms with Crippen molar-refractivity contribution in [3.05, 3.63) is 47.0 Å². The number of pyridine rings is 1. The highest BCUT2D eigenvalue weighted by atomic mass is 16.5. The van der Waals surface area contributed by atoms with Crippen LogP contribution < -0.4 is 16.2 Å². The van der Waals surface area contributed by atoms with Gasteiger partial charge in [0.25, 0.3) is 0 Å². The number of fused-ring (bicyclic) bond motifs is 1. The molecule has 1 aliphatic rings. The van der Waals surface area contributed by atoms with Gasteiger partial charge in [0, 0.05) is 19.3 Å². The number of anilines is 1. The van der Waals surface area contributed by atoms with Crippen molar-refractivity contribution in [3.8, 4) is 23.8 Å². The van der Waals surface area contributed by atoms with Gasteiger partial charge in [0.05, 0.1) is 30.8 Å². The van der Waals surface area contributed by atoms with Crippen LogP contribution in [0.25, 0.3) is 16.7 Å². The average molecular weight is 405 g/mol. The molecule has 0 bridgehead atoms. The minimum absolute atomic E-state index is 0.0616. The summed E-state index contributed by atoms with van der Waals surface area (Å²) in [5, 5.41) is 0. The molecule has 30 heavy (non-hydrogen) atoms. The zero-order valence-electron chi connectivity index (χ0n) is 16.7. The molecular weight excluding hydrogens is 382 g/mol. The first-order valence-electron chi connectivity index (χ1n) is 9.78. The third-order valence-corrected chi connectivity index (χ3v) is 5.51. The number of terminal acetylenes is 1. The summed E-state index contributed by atoms with van der Waals surface area (Å²) in [6.07, 6.45) is 8.53. The fourth-order valence-electron chi connectivity index (χ4n) is 4.10. The number of nitrogen functional groups attached to an aromatic ring is 1. The monoisotopic (exact) mass is 405 g/mol. The van der Waals surface area contributed by atoms with Crippen molar-refractivity contribution in [2.75, 3.05) is 25.9 Å². The van der Waals surface area contributed by atoms with Crippen molar-refractivity contribution in [3.63, 3.8) is 0 Å². The number of carbonyl (C=O) groups is 1. The molecule has 0 radical (unpaired) electrons. The zero-order chi connectivity index (χ0) is 21.3. The lowest BCUT2D eigenvalue weighted by Gasteiger charge is -2.33. The Morgan fingerprint density at radius 3 is 2.80 bits per heavy atom. The van der Waals surface area contributed by atoms with Gasteiger partial charge in [-0.15, -0.1) is 6.42 Å². The Morgan fingerprint density at radius 1 is 1.33 bits per heavy atom. The number of hydrogen-bond acceptors (Lipinski definition) is 5. The van der Waals surface area contributed by atoms with Crippen molar-refractivity contribution < 1.29 is 9.53 Å². The lowest BCUT2D eigenvalue weighted by Crippen LogP contribution is -2.42. The smallest absolute Gasteiger partial charge is 0.334 e. The van der Waals surface area contributed by atoms with Gasteiger partial charge >= 0.3 is 5.69 Å². The van der Waals surface area contributed by atoms with Crippen LogP contribution in [0.4, 0.5) is 5.82 Å². The Kier molecular flexibility index (Phi) is 5.19. The average Bonchev–Trinajstić information content (AvgIpc) is 3.07. The molecule has 8 nitrogen and oxygen atoms in total. The molecule has 1 amide bonds. The molecule has 1 fully saturated rings. The van der Waals surface area contributed by atoms with Crippen LogP contribution in [0, 0.1) is 12.3 Å². The maximum atomic E-state index is 13.6. The number of nitrogens with zero attached hydrogens (tertiary/aromatic N) is 4. The molecule has 154 valence electrons. The van der Waals surface area contributed by atoms with E-state index in [1.165, 1.54) is 0 Å². The largest absolute Gasteiger partial charge is 0.497 e. The third-order valence-electron chi connectivity index (χ3n) is 5.51. The molecule has 1 aliphatic heterocycles. The van der Waals surface area contributed by atoms with Crippen LogP contribution in [0.1, 0.15) is 25.3 Å². The number of imidazole rings is 1. The molecule has 2 aromatic heterocycles. The molecule has 1 saturated heterocycles. The Morgan fingerprint density at radius 2 is 2.10 bits per heavy atom. The van der Waals surface area contributed by atoms with Crippen LogP contribution >= 0.6 is 0 Å². The first kappa shape index (κ1) is 19.6. The number of hydrogen-bond donors (Lipinski definition) is 1. The number of methoxy groups -OCH3 is 1. The SMILES string of the molecule is C#CCC(=O)N1CCC[C@@H](n2c(=O)n(-c3ccc(OC)cc3)c3c(N)nccc32)C1. The van der Waals surface area contributed by atoms with E-state index in [-0.39, 0.29) is 29.9 Å². The van der Waals surface area contributed by atoms with Gasteiger partial charge in [-0.1, -0.05) is 5.92 Å². The van der Waals surface area contributed by atoms with E-state index in [9.17, 15) is 9.59 Å². The number of likely N-dealkylation sites (tertiary alicyclic amines) is 1. The fraction of sp³-hybridized carbons (Fsp3) is 0.318. The second kappa shape index (κ2) is 7.95. The van der Waals surface area contributed by atoms with Gasteiger partial charge in [0.15, 0.2) is 0 Å². The lowest BCUT2D eigenvalue weighted by atomic mass is 10.0. The third kappa shape index (κ3) is 3.28. The van der Waals surface area contributed by atoms with Gasteiger partial charge in [0.1, 0.15) is 17.1 Å². The molecule has 1 aromatic carbocycles. The van der Waals surface area contributed by atoms with E-state index in [2.05, 4.69) is 10.9 Å². The molecule has 3 aromatic rings. The van der Waals surface area contributed by atoms with E-state index >= 15 is 0 Å². The van der Waals surface area contributed by atoms with Crippen LogP contribution in [0.3, 0.4) is 0 Å². The molecule has 0 unspecified atom stereocenters. The molecular formula is C22H23N5O3. The second-order valence-corrected chi connectivity index (χ2v) is 7.27. The number of rotatable bonds is 4. The van der Waals surface area contributed by atoms with Gasteiger partial charge in [-0.25, -0.2) is 9.78 Å². The summed E-state index contributed by atoms with van der Waals surface area (Å²) in [6.45, 7) is 1.08. The second-order valence-electron chi connectivity index (χ2n) is 7.27. The molecule has 4 rings (SSSR count). The Labute approximate surface area is 173 Å². The van der Waals surface area contributed by atoms with Crippen LogP contribution in [0.5, 0.6) is 5.75 Å². The molecule has 3 heterocycles. The Balaban J connectivity index is 1.84. The van der Waals surface area contributed by atoms with Crippen molar-refractivity contribution in [1.82, 2.24) is 19.0 Å². The summed E-state index contributed by atoms with van der Waals surface area (Å²) in [5.74, 6) is 3.28. The molecule has 0 saturated carbocycles. The van der Waals surface area contributed by atoms with Crippen LogP contribution in [0.2, 0.25) is 0 Å². The highest BCUT2D eigenvalue weighted by Gasteiger charge is 2.29. The number of benzene rings is 1. The number of carbonyl (C=O) groups excluding carboxylic acids is 1. The summed E-state index contributed by atoms with van der Waals surface area (Å²) >= 11 is 0. The van der Waals surface area contributed by atoms with Crippen LogP contribution in [-0.2, 0) is 4.79 Å². The van der Waals surface area contributed by atoms with E-state index in [1.54, 1.807) is 57.7 Å². The van der Waals surface area contributed by atoms with Crippen LogP contribution in [-0.4, -0.2) is 45.1 Å². The van der Waals surface area contributed by atoms with E-state index in [4.69, 9.17) is 16.9 Å². The normalized spacial score (nSPS) is 16.4. The highest BCUT2D eigenvalue weighted by Crippen LogP contribution is 2.29. The van der Waals surface area contributed by atoms with Crippen molar-refractivity contribution in [2.45, 2.75) is 25.3 Å². The summed E-state index contributed by atoms with van der Waals surface area (Å²) < 4.78 is 8.52. The number of aromatic nitrogens is 3. The lowest BCUT2D eigenvalue weighted by molar-refractivity contribution is -0.131. The van der Waals surface area contributed by atoms with Crippen molar-refractivity contribution in [1.29, 1.82) is 0 Å². The van der Waals surface area contributed by atoms with E-state index in [0.29, 0.717) is 35.6 Å². The summed E-state index contributed by atoms with van der Waals surface area (Å²) in [5.41, 5.74) is 7.88. The number of nitrogens with two attached hydrogens (primary N) is 1. The predicted molar refractivity (Wildman–Crippen MR) is 115 cm³/mol. The molecule has 1 atom stereocenters. The first-order chi connectivity index (χ1) is 14.5. The van der Waals surface area contributed by atoms with E-state index < -0.39 is 0 Å². The maximum absolute atomic E-state index is 13.6. The quantitative estimate of drug-likeness (QED) is 0.670. The number of ether oxygens (including phenoxy) is 1. The molecule has 2 N–H and O–H groups in total. The Hall–Kier alpha value is -3.73. The highest BCUT2D eigenvalue weighted by molar-refractivity contribution is 5.87. The molecule has 8 heteroatoms. The zero-order valence-corrected chi connectivity index (χ0v) is 16.7. The summed E-state index contributed by atoms with van der Waals surface area (Å²) in [7, 11) is 1.59. The molecule has 0 aliphatic carbocycles. The van der Waals surface area contributed by atoms with Gasteiger partial charge in [0.2, 0.25) is 5.91 Å². The minimum atomic E-state index is -0.217. The first-order valence-corrected chi connectivity index (χ1v) is 9.78. The fourth-order valence-corrected chi connectivity index (χ4v) is 4.10. The van der Waals surface area contributed by atoms with E-state index in [1.807, 2.05) is 0 Å².